The number of aryl methyl sites for hydroxylation is 1. The number of halogens is 2. The zero-order valence-corrected chi connectivity index (χ0v) is 16.9. The normalized spacial score (nSPS) is 16.5. The molecule has 2 aromatic carbocycles. The van der Waals surface area contributed by atoms with Crippen molar-refractivity contribution < 1.29 is 23.2 Å². The van der Waals surface area contributed by atoms with E-state index in [0.717, 1.165) is 11.1 Å². The van der Waals surface area contributed by atoms with E-state index in [1.807, 2.05) is 31.2 Å². The average molecular weight is 432 g/mol. The highest BCUT2D eigenvalue weighted by molar-refractivity contribution is 6.30. The minimum atomic E-state index is -0.545. The molecule has 0 N–H and O–H groups in total. The molecule has 1 amide bonds. The number of ether oxygens (including phenoxy) is 2. The van der Waals surface area contributed by atoms with Gasteiger partial charge in [-0.25, -0.2) is 4.39 Å². The summed E-state index contributed by atoms with van der Waals surface area (Å²) in [5.41, 5.74) is 1.91. The fourth-order valence-corrected chi connectivity index (χ4v) is 3.30. The first-order valence-corrected chi connectivity index (χ1v) is 9.76. The van der Waals surface area contributed by atoms with Gasteiger partial charge in [0.2, 0.25) is 5.82 Å². The fourth-order valence-electron chi connectivity index (χ4n) is 3.13. The largest absolute Gasteiger partial charge is 0.484 e. The van der Waals surface area contributed by atoms with Crippen molar-refractivity contribution in [3.8, 4) is 17.1 Å². The molecule has 3 aromatic rings. The van der Waals surface area contributed by atoms with Crippen LogP contribution in [0.2, 0.25) is 5.02 Å². The molecule has 1 saturated heterocycles. The monoisotopic (exact) mass is 431 g/mol. The van der Waals surface area contributed by atoms with Crippen LogP contribution in [0.3, 0.4) is 0 Å². The Labute approximate surface area is 177 Å². The van der Waals surface area contributed by atoms with Crippen LogP contribution < -0.4 is 4.74 Å². The predicted octanol–water partition coefficient (Wildman–Crippen LogP) is 3.82. The molecule has 1 atom stereocenters. The maximum absolute atomic E-state index is 13.2. The Morgan fingerprint density at radius 1 is 1.33 bits per heavy atom. The van der Waals surface area contributed by atoms with Crippen LogP contribution in [0.5, 0.6) is 5.75 Å². The Hall–Kier alpha value is -2.97. The molecule has 1 aliphatic heterocycles. The lowest BCUT2D eigenvalue weighted by atomic mass is 10.1. The number of benzene rings is 2. The Morgan fingerprint density at radius 3 is 2.97 bits per heavy atom. The number of hydrogen-bond acceptors (Lipinski definition) is 6. The molecular formula is C21H19ClFN3O4. The molecule has 0 spiro atoms. The summed E-state index contributed by atoms with van der Waals surface area (Å²) in [6.07, 6.45) is -0.520. The van der Waals surface area contributed by atoms with Gasteiger partial charge in [-0.2, -0.15) is 4.98 Å². The van der Waals surface area contributed by atoms with Gasteiger partial charge < -0.3 is 18.9 Å². The van der Waals surface area contributed by atoms with Crippen LogP contribution in [0, 0.1) is 12.7 Å². The van der Waals surface area contributed by atoms with Gasteiger partial charge in [-0.15, -0.1) is 0 Å². The minimum absolute atomic E-state index is 0.0627. The molecule has 1 fully saturated rings. The maximum Gasteiger partial charge on any atom is 0.260 e. The molecule has 0 radical (unpaired) electrons. The lowest BCUT2D eigenvalue weighted by Gasteiger charge is -2.31. The van der Waals surface area contributed by atoms with E-state index in [-0.39, 0.29) is 24.1 Å². The van der Waals surface area contributed by atoms with Crippen LogP contribution in [0.1, 0.15) is 17.6 Å². The molecular weight excluding hydrogens is 413 g/mol. The quantitative estimate of drug-likeness (QED) is 0.611. The number of hydrogen-bond donors (Lipinski definition) is 0. The standard InChI is InChI=1S/C21H19ClFN3O4/c1-13-4-2-3-5-15(13)20-24-21(30-25-20)18-11-26(8-9-28-18)19(27)12-29-14-6-7-17(23)16(22)10-14/h2-7,10,18H,8-9,11-12H2,1H3/t18-/m0/s1. The molecule has 0 bridgehead atoms. The van der Waals surface area contributed by atoms with Gasteiger partial charge >= 0.3 is 0 Å². The van der Waals surface area contributed by atoms with Crippen LogP contribution >= 0.6 is 11.6 Å². The summed E-state index contributed by atoms with van der Waals surface area (Å²) >= 11 is 5.73. The number of carbonyl (C=O) groups excluding carboxylic acids is 1. The third-order valence-electron chi connectivity index (χ3n) is 4.78. The van der Waals surface area contributed by atoms with E-state index in [9.17, 15) is 9.18 Å². The summed E-state index contributed by atoms with van der Waals surface area (Å²) in [5, 5.41) is 3.98. The van der Waals surface area contributed by atoms with Crippen LogP contribution in [-0.4, -0.2) is 47.3 Å². The first-order chi connectivity index (χ1) is 14.5. The van der Waals surface area contributed by atoms with Gasteiger partial charge in [-0.3, -0.25) is 4.79 Å². The van der Waals surface area contributed by atoms with E-state index in [1.54, 1.807) is 4.90 Å². The van der Waals surface area contributed by atoms with E-state index < -0.39 is 11.9 Å². The van der Waals surface area contributed by atoms with E-state index in [4.69, 9.17) is 25.6 Å². The average Bonchev–Trinajstić information content (AvgIpc) is 3.25. The van der Waals surface area contributed by atoms with Crippen molar-refractivity contribution in [1.29, 1.82) is 0 Å². The van der Waals surface area contributed by atoms with Gasteiger partial charge in [-0.05, 0) is 24.6 Å². The number of morpholine rings is 1. The molecule has 4 rings (SSSR count). The zero-order chi connectivity index (χ0) is 21.1. The highest BCUT2D eigenvalue weighted by Crippen LogP contribution is 2.26. The highest BCUT2D eigenvalue weighted by atomic mass is 35.5. The van der Waals surface area contributed by atoms with E-state index >= 15 is 0 Å². The second-order valence-electron chi connectivity index (χ2n) is 6.83. The smallest absolute Gasteiger partial charge is 0.260 e. The Bertz CT molecular complexity index is 1060. The van der Waals surface area contributed by atoms with Crippen molar-refractivity contribution in [3.05, 3.63) is 64.8 Å². The summed E-state index contributed by atoms with van der Waals surface area (Å²) in [6.45, 7) is 2.79. The molecule has 0 saturated carbocycles. The summed E-state index contributed by atoms with van der Waals surface area (Å²) in [4.78, 5) is 18.6. The molecule has 156 valence electrons. The van der Waals surface area contributed by atoms with Crippen molar-refractivity contribution in [2.45, 2.75) is 13.0 Å². The van der Waals surface area contributed by atoms with Gasteiger partial charge in [0.05, 0.1) is 18.2 Å². The number of amides is 1. The lowest BCUT2D eigenvalue weighted by molar-refractivity contribution is -0.142. The lowest BCUT2D eigenvalue weighted by Crippen LogP contribution is -2.44. The summed E-state index contributed by atoms with van der Waals surface area (Å²) in [6, 6.07) is 11.7. The molecule has 1 aliphatic rings. The third kappa shape index (κ3) is 4.44. The number of carbonyl (C=O) groups is 1. The van der Waals surface area contributed by atoms with Crippen molar-refractivity contribution >= 4 is 17.5 Å². The topological polar surface area (TPSA) is 77.7 Å². The van der Waals surface area contributed by atoms with Crippen LogP contribution in [0.15, 0.2) is 47.0 Å². The summed E-state index contributed by atoms with van der Waals surface area (Å²) in [7, 11) is 0. The number of nitrogens with zero attached hydrogens (tertiary/aromatic N) is 3. The van der Waals surface area contributed by atoms with Crippen LogP contribution in [-0.2, 0) is 9.53 Å². The summed E-state index contributed by atoms with van der Waals surface area (Å²) in [5.74, 6) is 0.335. The van der Waals surface area contributed by atoms with Gasteiger partial charge in [0.15, 0.2) is 12.7 Å². The molecule has 0 aliphatic carbocycles. The van der Waals surface area contributed by atoms with Gasteiger partial charge in [0.1, 0.15) is 11.6 Å². The highest BCUT2D eigenvalue weighted by Gasteiger charge is 2.30. The second kappa shape index (κ2) is 8.81. The molecule has 0 unspecified atom stereocenters. The van der Waals surface area contributed by atoms with Crippen molar-refractivity contribution in [2.75, 3.05) is 26.3 Å². The summed E-state index contributed by atoms with van der Waals surface area (Å²) < 4.78 is 29.8. The molecule has 9 heteroatoms. The first-order valence-electron chi connectivity index (χ1n) is 9.38. The van der Waals surface area contributed by atoms with Gasteiger partial charge in [-0.1, -0.05) is 41.0 Å². The molecule has 7 nitrogen and oxygen atoms in total. The maximum atomic E-state index is 13.2. The van der Waals surface area contributed by atoms with Crippen LogP contribution in [0.4, 0.5) is 4.39 Å². The van der Waals surface area contributed by atoms with Crippen molar-refractivity contribution in [3.63, 3.8) is 0 Å². The molecule has 30 heavy (non-hydrogen) atoms. The fraction of sp³-hybridized carbons (Fsp3) is 0.286. The Balaban J connectivity index is 1.39. The van der Waals surface area contributed by atoms with E-state index in [2.05, 4.69) is 10.1 Å². The second-order valence-corrected chi connectivity index (χ2v) is 7.24. The Kier molecular flexibility index (Phi) is 5.96. The van der Waals surface area contributed by atoms with Gasteiger partial charge in [0.25, 0.3) is 11.8 Å². The minimum Gasteiger partial charge on any atom is -0.484 e. The Morgan fingerprint density at radius 2 is 2.17 bits per heavy atom. The zero-order valence-electron chi connectivity index (χ0n) is 16.2. The van der Waals surface area contributed by atoms with Crippen molar-refractivity contribution in [1.82, 2.24) is 15.0 Å². The molecule has 2 heterocycles. The van der Waals surface area contributed by atoms with E-state index in [1.165, 1.54) is 18.2 Å². The van der Waals surface area contributed by atoms with Crippen molar-refractivity contribution in [2.24, 2.45) is 0 Å². The predicted molar refractivity (Wildman–Crippen MR) is 107 cm³/mol. The van der Waals surface area contributed by atoms with Crippen LogP contribution in [0.25, 0.3) is 11.4 Å². The van der Waals surface area contributed by atoms with Gasteiger partial charge in [0, 0.05) is 18.2 Å². The third-order valence-corrected chi connectivity index (χ3v) is 5.07. The SMILES string of the molecule is Cc1ccccc1-c1noc([C@@H]2CN(C(=O)COc3ccc(F)c(Cl)c3)CCO2)n1. The number of aromatic nitrogens is 2. The van der Waals surface area contributed by atoms with E-state index in [0.29, 0.717) is 30.6 Å². The number of rotatable bonds is 5. The first kappa shape index (κ1) is 20.3. The molecule has 1 aromatic heterocycles.